The second kappa shape index (κ2) is 4.72. The molecule has 0 bridgehead atoms. The molecule has 4 nitrogen and oxygen atoms in total. The molecule has 1 aliphatic heterocycles. The summed E-state index contributed by atoms with van der Waals surface area (Å²) in [4.78, 5) is 15.5. The van der Waals surface area contributed by atoms with Gasteiger partial charge in [0.2, 0.25) is 0 Å². The van der Waals surface area contributed by atoms with Gasteiger partial charge in [-0.1, -0.05) is 19.3 Å². The van der Waals surface area contributed by atoms with E-state index in [-0.39, 0.29) is 12.1 Å². The average molecular weight is 226 g/mol. The maximum Gasteiger partial charge on any atom is 0.317 e. The fraction of sp³-hybridized carbons (Fsp3) is 0.917. The third-order valence-corrected chi connectivity index (χ3v) is 4.10. The highest BCUT2D eigenvalue weighted by molar-refractivity contribution is 5.69. The third kappa shape index (κ3) is 2.38. The van der Waals surface area contributed by atoms with E-state index in [9.17, 15) is 4.79 Å². The number of rotatable bonds is 2. The van der Waals surface area contributed by atoms with Gasteiger partial charge in [0, 0.05) is 25.2 Å². The number of carbonyl (C=O) groups is 1. The molecule has 1 aliphatic carbocycles. The first-order valence-electron chi connectivity index (χ1n) is 6.28. The Bertz CT molecular complexity index is 262. The smallest absolute Gasteiger partial charge is 0.317 e. The number of hydrogen-bond acceptors (Lipinski definition) is 3. The maximum atomic E-state index is 10.9. The SMILES string of the molecule is CN1CCN(CC(=O)O)C2(CCCCC2)C1. The van der Waals surface area contributed by atoms with E-state index in [1.165, 1.54) is 32.1 Å². The van der Waals surface area contributed by atoms with Crippen LogP contribution in [0.5, 0.6) is 0 Å². The average Bonchev–Trinajstić information content (AvgIpc) is 2.23. The minimum absolute atomic E-state index is 0.156. The molecule has 16 heavy (non-hydrogen) atoms. The molecule has 1 saturated carbocycles. The van der Waals surface area contributed by atoms with Gasteiger partial charge in [0.1, 0.15) is 0 Å². The second-order valence-electron chi connectivity index (χ2n) is 5.34. The van der Waals surface area contributed by atoms with Crippen LogP contribution in [0.2, 0.25) is 0 Å². The summed E-state index contributed by atoms with van der Waals surface area (Å²) >= 11 is 0. The molecule has 1 heterocycles. The van der Waals surface area contributed by atoms with Crippen LogP contribution in [0.1, 0.15) is 32.1 Å². The summed E-state index contributed by atoms with van der Waals surface area (Å²) in [5.41, 5.74) is 0.156. The van der Waals surface area contributed by atoms with Crippen LogP contribution in [0.15, 0.2) is 0 Å². The molecule has 2 aliphatic rings. The number of nitrogens with zero attached hydrogens (tertiary/aromatic N) is 2. The molecule has 0 unspecified atom stereocenters. The molecule has 0 atom stereocenters. The fourth-order valence-corrected chi connectivity index (χ4v) is 3.30. The number of piperazine rings is 1. The lowest BCUT2D eigenvalue weighted by Crippen LogP contribution is -2.63. The highest BCUT2D eigenvalue weighted by Gasteiger charge is 2.41. The lowest BCUT2D eigenvalue weighted by atomic mass is 9.78. The van der Waals surface area contributed by atoms with Gasteiger partial charge in [-0.05, 0) is 19.9 Å². The maximum absolute atomic E-state index is 10.9. The van der Waals surface area contributed by atoms with Crippen molar-refractivity contribution in [2.24, 2.45) is 0 Å². The predicted octanol–water partition coefficient (Wildman–Crippen LogP) is 1.02. The number of likely N-dealkylation sites (N-methyl/N-ethyl adjacent to an activating group) is 1. The third-order valence-electron chi connectivity index (χ3n) is 4.10. The van der Waals surface area contributed by atoms with E-state index in [4.69, 9.17) is 5.11 Å². The van der Waals surface area contributed by atoms with Gasteiger partial charge in [-0.2, -0.15) is 0 Å². The zero-order chi connectivity index (χ0) is 11.6. The van der Waals surface area contributed by atoms with Gasteiger partial charge in [-0.3, -0.25) is 9.69 Å². The van der Waals surface area contributed by atoms with Crippen molar-refractivity contribution >= 4 is 5.97 Å². The van der Waals surface area contributed by atoms with Gasteiger partial charge in [0.25, 0.3) is 0 Å². The van der Waals surface area contributed by atoms with E-state index in [1.807, 2.05) is 0 Å². The summed E-state index contributed by atoms with van der Waals surface area (Å²) in [7, 11) is 2.15. The van der Waals surface area contributed by atoms with Crippen LogP contribution in [0.25, 0.3) is 0 Å². The van der Waals surface area contributed by atoms with Crippen molar-refractivity contribution in [3.63, 3.8) is 0 Å². The van der Waals surface area contributed by atoms with Crippen molar-refractivity contribution in [3.05, 3.63) is 0 Å². The monoisotopic (exact) mass is 226 g/mol. The molecule has 92 valence electrons. The Balaban J connectivity index is 2.10. The minimum Gasteiger partial charge on any atom is -0.480 e. The van der Waals surface area contributed by atoms with E-state index in [1.54, 1.807) is 0 Å². The quantitative estimate of drug-likeness (QED) is 0.763. The molecule has 4 heteroatoms. The normalized spacial score (nSPS) is 27.1. The summed E-state index contributed by atoms with van der Waals surface area (Å²) in [6.45, 7) is 3.16. The molecular formula is C12H22N2O2. The first-order valence-corrected chi connectivity index (χ1v) is 6.28. The molecule has 0 aromatic heterocycles. The Morgan fingerprint density at radius 1 is 1.25 bits per heavy atom. The Labute approximate surface area is 97.2 Å². The van der Waals surface area contributed by atoms with Crippen LogP contribution >= 0.6 is 0 Å². The van der Waals surface area contributed by atoms with E-state index in [0.717, 1.165) is 19.6 Å². The molecule has 0 aromatic rings. The van der Waals surface area contributed by atoms with E-state index in [0.29, 0.717) is 0 Å². The highest BCUT2D eigenvalue weighted by atomic mass is 16.4. The fourth-order valence-electron chi connectivity index (χ4n) is 3.30. The van der Waals surface area contributed by atoms with Crippen molar-refractivity contribution in [1.82, 2.24) is 9.80 Å². The van der Waals surface area contributed by atoms with Crippen LogP contribution < -0.4 is 0 Å². The molecule has 2 rings (SSSR count). The highest BCUT2D eigenvalue weighted by Crippen LogP contribution is 2.35. The summed E-state index contributed by atoms with van der Waals surface area (Å²) < 4.78 is 0. The van der Waals surface area contributed by atoms with Crippen LogP contribution in [0.3, 0.4) is 0 Å². The molecule has 1 saturated heterocycles. The standard InChI is InChI=1S/C12H22N2O2/c1-13-7-8-14(9-11(15)16)12(10-13)5-3-2-4-6-12/h2-10H2,1H3,(H,15,16). The topological polar surface area (TPSA) is 43.8 Å². The molecular weight excluding hydrogens is 204 g/mol. The first-order chi connectivity index (χ1) is 7.62. The van der Waals surface area contributed by atoms with Crippen molar-refractivity contribution in [3.8, 4) is 0 Å². The number of carboxylic acids is 1. The summed E-state index contributed by atoms with van der Waals surface area (Å²) in [5, 5.41) is 8.99. The first kappa shape index (κ1) is 11.9. The van der Waals surface area contributed by atoms with E-state index < -0.39 is 5.97 Å². The minimum atomic E-state index is -0.686. The summed E-state index contributed by atoms with van der Waals surface area (Å²) in [5.74, 6) is -0.686. The number of hydrogen-bond donors (Lipinski definition) is 1. The van der Waals surface area contributed by atoms with Crippen LogP contribution in [0.4, 0.5) is 0 Å². The zero-order valence-corrected chi connectivity index (χ0v) is 10.1. The Morgan fingerprint density at radius 2 is 1.94 bits per heavy atom. The van der Waals surface area contributed by atoms with Gasteiger partial charge in [0.15, 0.2) is 0 Å². The molecule has 0 amide bonds. The summed E-state index contributed by atoms with van der Waals surface area (Å²) in [6, 6.07) is 0. The molecule has 0 aromatic carbocycles. The van der Waals surface area contributed by atoms with Gasteiger partial charge in [-0.15, -0.1) is 0 Å². The zero-order valence-electron chi connectivity index (χ0n) is 10.1. The Kier molecular flexibility index (Phi) is 3.50. The number of aliphatic carboxylic acids is 1. The van der Waals surface area contributed by atoms with Crippen molar-refractivity contribution in [1.29, 1.82) is 0 Å². The summed E-state index contributed by atoms with van der Waals surface area (Å²) in [6.07, 6.45) is 6.16. The lowest BCUT2D eigenvalue weighted by Gasteiger charge is -2.51. The van der Waals surface area contributed by atoms with Gasteiger partial charge in [0.05, 0.1) is 6.54 Å². The number of carboxylic acid groups (broad SMARTS) is 1. The lowest BCUT2D eigenvalue weighted by molar-refractivity contribution is -0.142. The van der Waals surface area contributed by atoms with Gasteiger partial charge >= 0.3 is 5.97 Å². The molecule has 0 radical (unpaired) electrons. The van der Waals surface area contributed by atoms with E-state index >= 15 is 0 Å². The second-order valence-corrected chi connectivity index (χ2v) is 5.34. The molecule has 1 N–H and O–H groups in total. The van der Waals surface area contributed by atoms with Crippen LogP contribution in [-0.2, 0) is 4.79 Å². The van der Waals surface area contributed by atoms with E-state index in [2.05, 4.69) is 16.8 Å². The van der Waals surface area contributed by atoms with Crippen molar-refractivity contribution in [2.45, 2.75) is 37.6 Å². The van der Waals surface area contributed by atoms with Gasteiger partial charge < -0.3 is 10.0 Å². The molecule has 1 spiro atoms. The van der Waals surface area contributed by atoms with Gasteiger partial charge in [-0.25, -0.2) is 0 Å². The molecule has 2 fully saturated rings. The van der Waals surface area contributed by atoms with Crippen LogP contribution in [0, 0.1) is 0 Å². The Hall–Kier alpha value is -0.610. The van der Waals surface area contributed by atoms with Crippen LogP contribution in [-0.4, -0.2) is 59.6 Å². The Morgan fingerprint density at radius 3 is 2.56 bits per heavy atom. The largest absolute Gasteiger partial charge is 0.480 e. The van der Waals surface area contributed by atoms with Crippen molar-refractivity contribution < 1.29 is 9.90 Å². The van der Waals surface area contributed by atoms with Crippen molar-refractivity contribution in [2.75, 3.05) is 33.2 Å². The predicted molar refractivity (Wildman–Crippen MR) is 62.5 cm³/mol.